The third-order valence-electron chi connectivity index (χ3n) is 3.46. The molecule has 4 nitrogen and oxygen atoms in total. The van der Waals surface area contributed by atoms with E-state index in [2.05, 4.69) is 4.72 Å². The fourth-order valence-corrected chi connectivity index (χ4v) is 3.35. The van der Waals surface area contributed by atoms with Crippen LogP contribution >= 0.6 is 11.6 Å². The average molecular weight is 366 g/mol. The van der Waals surface area contributed by atoms with E-state index in [4.69, 9.17) is 11.6 Å². The Morgan fingerprint density at radius 1 is 1.17 bits per heavy atom. The summed E-state index contributed by atoms with van der Waals surface area (Å²) in [5.74, 6) is 0.163. The third kappa shape index (κ3) is 5.37. The Bertz CT molecular complexity index is 815. The molecular formula is C18H20ClNO3S. The van der Waals surface area contributed by atoms with Gasteiger partial charge in [0.05, 0.1) is 4.90 Å². The predicted octanol–water partition coefficient (Wildman–Crippen LogP) is 4.13. The number of hydrogen-bond donors (Lipinski definition) is 2. The number of phenols is 1. The lowest BCUT2D eigenvalue weighted by Gasteiger charge is -2.06. The minimum absolute atomic E-state index is 0.163. The number of nitrogens with one attached hydrogen (secondary N) is 1. The largest absolute Gasteiger partial charge is 0.507 e. The van der Waals surface area contributed by atoms with Gasteiger partial charge in [0, 0.05) is 17.1 Å². The zero-order chi connectivity index (χ0) is 17.6. The van der Waals surface area contributed by atoms with Gasteiger partial charge in [-0.2, -0.15) is 0 Å². The molecule has 2 aromatic rings. The van der Waals surface area contributed by atoms with Gasteiger partial charge >= 0.3 is 0 Å². The fraction of sp³-hybridized carbons (Fsp3) is 0.222. The number of allylic oxidation sites excluding steroid dienone is 1. The second kappa shape index (κ2) is 8.33. The second-order valence-electron chi connectivity index (χ2n) is 5.46. The van der Waals surface area contributed by atoms with Crippen molar-refractivity contribution in [3.63, 3.8) is 0 Å². The number of benzene rings is 2. The maximum absolute atomic E-state index is 12.1. The number of aryl methyl sites for hydroxylation is 1. The van der Waals surface area contributed by atoms with E-state index in [0.29, 0.717) is 30.0 Å². The van der Waals surface area contributed by atoms with Gasteiger partial charge in [-0.1, -0.05) is 41.4 Å². The Morgan fingerprint density at radius 3 is 2.58 bits per heavy atom. The maximum atomic E-state index is 12.1. The highest BCUT2D eigenvalue weighted by atomic mass is 35.5. The van der Waals surface area contributed by atoms with Gasteiger partial charge in [-0.3, -0.25) is 0 Å². The van der Waals surface area contributed by atoms with Crippen molar-refractivity contribution in [1.82, 2.24) is 4.72 Å². The van der Waals surface area contributed by atoms with Crippen molar-refractivity contribution < 1.29 is 13.5 Å². The van der Waals surface area contributed by atoms with Gasteiger partial charge in [-0.05, 0) is 50.1 Å². The van der Waals surface area contributed by atoms with Gasteiger partial charge in [0.1, 0.15) is 5.75 Å². The van der Waals surface area contributed by atoms with E-state index in [1.54, 1.807) is 42.5 Å². The molecular weight excluding hydrogens is 346 g/mol. The Hall–Kier alpha value is -1.82. The average Bonchev–Trinajstić information content (AvgIpc) is 2.54. The van der Waals surface area contributed by atoms with Crippen LogP contribution in [0, 0.1) is 6.92 Å². The number of sulfonamides is 1. The molecule has 0 aliphatic carbocycles. The molecule has 0 bridgehead atoms. The number of halogens is 1. The van der Waals surface area contributed by atoms with Crippen molar-refractivity contribution in [3.8, 4) is 5.75 Å². The van der Waals surface area contributed by atoms with Gasteiger partial charge in [-0.15, -0.1) is 0 Å². The summed E-state index contributed by atoms with van der Waals surface area (Å²) in [6.45, 7) is 2.26. The summed E-state index contributed by atoms with van der Waals surface area (Å²) in [4.78, 5) is 0.271. The Morgan fingerprint density at radius 2 is 1.88 bits per heavy atom. The first-order valence-electron chi connectivity index (χ1n) is 7.60. The zero-order valence-corrected chi connectivity index (χ0v) is 14.9. The van der Waals surface area contributed by atoms with Gasteiger partial charge in [0.25, 0.3) is 0 Å². The maximum Gasteiger partial charge on any atom is 0.240 e. The summed E-state index contributed by atoms with van der Waals surface area (Å²) in [5.41, 5.74) is 1.66. The van der Waals surface area contributed by atoms with Crippen molar-refractivity contribution in [2.45, 2.75) is 24.7 Å². The Balaban J connectivity index is 1.81. The molecule has 0 amide bonds. The van der Waals surface area contributed by atoms with Gasteiger partial charge in [0.15, 0.2) is 0 Å². The van der Waals surface area contributed by atoms with E-state index in [0.717, 1.165) is 5.56 Å². The van der Waals surface area contributed by atoms with Crippen LogP contribution in [0.2, 0.25) is 5.02 Å². The molecule has 0 unspecified atom stereocenters. The summed E-state index contributed by atoms with van der Waals surface area (Å²) >= 11 is 5.88. The quantitative estimate of drug-likeness (QED) is 0.725. The van der Waals surface area contributed by atoms with E-state index < -0.39 is 10.0 Å². The first-order chi connectivity index (χ1) is 11.4. The molecule has 0 atom stereocenters. The number of rotatable bonds is 7. The highest BCUT2D eigenvalue weighted by molar-refractivity contribution is 7.89. The number of phenolic OH excluding ortho intramolecular Hbond substituents is 1. The molecule has 0 aliphatic rings. The van der Waals surface area contributed by atoms with E-state index in [1.165, 1.54) is 6.07 Å². The van der Waals surface area contributed by atoms with Crippen molar-refractivity contribution in [1.29, 1.82) is 0 Å². The minimum Gasteiger partial charge on any atom is -0.507 e. The summed E-state index contributed by atoms with van der Waals surface area (Å²) in [6, 6.07) is 11.6. The molecule has 2 rings (SSSR count). The monoisotopic (exact) mass is 365 g/mol. The molecule has 0 fully saturated rings. The van der Waals surface area contributed by atoms with Crippen molar-refractivity contribution in [3.05, 3.63) is 64.7 Å². The molecule has 0 aromatic heterocycles. The van der Waals surface area contributed by atoms with E-state index in [1.807, 2.05) is 13.0 Å². The molecule has 24 heavy (non-hydrogen) atoms. The standard InChI is InChI=1S/C18H20ClNO3S/c1-14-6-9-17(10-7-14)24(22,23)20-12-4-2-3-5-15-13-16(19)8-11-18(15)21/h3,5-11,13,20-21H,2,4,12H2,1H3/b5-3-. The van der Waals surface area contributed by atoms with Crippen LogP contribution in [-0.2, 0) is 10.0 Å². The van der Waals surface area contributed by atoms with Crippen LogP contribution < -0.4 is 4.72 Å². The fourth-order valence-electron chi connectivity index (χ4n) is 2.10. The van der Waals surface area contributed by atoms with Crippen LogP contribution in [0.1, 0.15) is 24.0 Å². The van der Waals surface area contributed by atoms with Crippen molar-refractivity contribution >= 4 is 27.7 Å². The van der Waals surface area contributed by atoms with Crippen LogP contribution in [0.3, 0.4) is 0 Å². The van der Waals surface area contributed by atoms with Crippen LogP contribution in [0.4, 0.5) is 0 Å². The van der Waals surface area contributed by atoms with Gasteiger partial charge in [0.2, 0.25) is 10.0 Å². The van der Waals surface area contributed by atoms with Gasteiger partial charge < -0.3 is 5.11 Å². The van der Waals surface area contributed by atoms with E-state index >= 15 is 0 Å². The lowest BCUT2D eigenvalue weighted by atomic mass is 10.1. The molecule has 0 radical (unpaired) electrons. The number of aromatic hydroxyl groups is 1. The Labute approximate surface area is 147 Å². The molecule has 0 spiro atoms. The molecule has 2 aromatic carbocycles. The normalized spacial score (nSPS) is 11.9. The molecule has 0 saturated heterocycles. The SMILES string of the molecule is Cc1ccc(S(=O)(=O)NCCC/C=C\c2cc(Cl)ccc2O)cc1. The summed E-state index contributed by atoms with van der Waals surface area (Å²) in [5, 5.41) is 10.2. The lowest BCUT2D eigenvalue weighted by molar-refractivity contribution is 0.474. The smallest absolute Gasteiger partial charge is 0.240 e. The highest BCUT2D eigenvalue weighted by Crippen LogP contribution is 2.22. The van der Waals surface area contributed by atoms with Crippen LogP contribution in [0.15, 0.2) is 53.4 Å². The van der Waals surface area contributed by atoms with Gasteiger partial charge in [-0.25, -0.2) is 13.1 Å². The van der Waals surface area contributed by atoms with Crippen molar-refractivity contribution in [2.75, 3.05) is 6.54 Å². The molecule has 0 aliphatic heterocycles. The minimum atomic E-state index is -3.46. The number of unbranched alkanes of at least 4 members (excludes halogenated alkanes) is 1. The second-order valence-corrected chi connectivity index (χ2v) is 7.66. The van der Waals surface area contributed by atoms with E-state index in [9.17, 15) is 13.5 Å². The number of hydrogen-bond acceptors (Lipinski definition) is 3. The topological polar surface area (TPSA) is 66.4 Å². The molecule has 0 saturated carbocycles. The van der Waals surface area contributed by atoms with Crippen LogP contribution in [-0.4, -0.2) is 20.1 Å². The van der Waals surface area contributed by atoms with E-state index in [-0.39, 0.29) is 10.6 Å². The molecule has 0 heterocycles. The first kappa shape index (κ1) is 18.5. The lowest BCUT2D eigenvalue weighted by Crippen LogP contribution is -2.24. The van der Waals surface area contributed by atoms with Crippen LogP contribution in [0.25, 0.3) is 6.08 Å². The molecule has 6 heteroatoms. The third-order valence-corrected chi connectivity index (χ3v) is 5.17. The first-order valence-corrected chi connectivity index (χ1v) is 9.46. The molecule has 2 N–H and O–H groups in total. The Kier molecular flexibility index (Phi) is 6.43. The predicted molar refractivity (Wildman–Crippen MR) is 97.8 cm³/mol. The summed E-state index contributed by atoms with van der Waals surface area (Å²) in [7, 11) is -3.46. The highest BCUT2D eigenvalue weighted by Gasteiger charge is 2.12. The van der Waals surface area contributed by atoms with Crippen molar-refractivity contribution in [2.24, 2.45) is 0 Å². The zero-order valence-electron chi connectivity index (χ0n) is 13.4. The summed E-state index contributed by atoms with van der Waals surface area (Å²) < 4.78 is 26.8. The summed E-state index contributed by atoms with van der Waals surface area (Å²) in [6.07, 6.45) is 4.99. The van der Waals surface area contributed by atoms with Crippen LogP contribution in [0.5, 0.6) is 5.75 Å². The molecule has 128 valence electrons.